The molecule has 3 N–H and O–H groups in total. The van der Waals surface area contributed by atoms with E-state index < -0.39 is 0 Å². The Morgan fingerprint density at radius 2 is 2.30 bits per heavy atom. The van der Waals surface area contributed by atoms with E-state index in [9.17, 15) is 4.79 Å². The molecule has 1 saturated carbocycles. The van der Waals surface area contributed by atoms with Crippen LogP contribution in [0.3, 0.4) is 0 Å². The molecule has 0 aliphatic heterocycles. The minimum absolute atomic E-state index is 0.0260. The zero-order valence-corrected chi connectivity index (χ0v) is 13.3. The monoisotopic (exact) mass is 340 g/mol. The highest BCUT2D eigenvalue weighted by Gasteiger charge is 2.32. The Balaban J connectivity index is 2.11. The number of ether oxygens (including phenoxy) is 1. The van der Waals surface area contributed by atoms with Gasteiger partial charge >= 0.3 is 0 Å². The summed E-state index contributed by atoms with van der Waals surface area (Å²) in [4.78, 5) is 12.4. The van der Waals surface area contributed by atoms with E-state index in [1.807, 2.05) is 25.1 Å². The van der Waals surface area contributed by atoms with Crippen molar-refractivity contribution in [3.63, 3.8) is 0 Å². The lowest BCUT2D eigenvalue weighted by molar-refractivity contribution is -0.120. The third-order valence-corrected chi connectivity index (χ3v) is 4.29. The molecule has 1 aromatic carbocycles. The summed E-state index contributed by atoms with van der Waals surface area (Å²) in [6, 6.07) is 5.63. The van der Waals surface area contributed by atoms with Crippen LogP contribution in [0.5, 0.6) is 5.75 Å². The molecule has 2 atom stereocenters. The Morgan fingerprint density at radius 3 is 3.00 bits per heavy atom. The molecule has 0 heterocycles. The molecular formula is C15H21BrN2O2. The Hall–Kier alpha value is -1.07. The van der Waals surface area contributed by atoms with Gasteiger partial charge in [0.15, 0.2) is 0 Å². The van der Waals surface area contributed by atoms with E-state index in [1.165, 1.54) is 0 Å². The minimum atomic E-state index is 0.0260. The molecule has 0 spiro atoms. The highest BCUT2D eigenvalue weighted by molar-refractivity contribution is 9.10. The van der Waals surface area contributed by atoms with E-state index in [-0.39, 0.29) is 11.8 Å². The molecule has 2 rings (SSSR count). The Labute approximate surface area is 128 Å². The van der Waals surface area contributed by atoms with Crippen LogP contribution in [0.25, 0.3) is 0 Å². The summed E-state index contributed by atoms with van der Waals surface area (Å²) in [5, 5.41) is 2.99. The van der Waals surface area contributed by atoms with Crippen molar-refractivity contribution in [1.82, 2.24) is 0 Å². The predicted molar refractivity (Wildman–Crippen MR) is 83.8 cm³/mol. The number of anilines is 1. The Bertz CT molecular complexity index is 479. The van der Waals surface area contributed by atoms with Gasteiger partial charge in [-0.3, -0.25) is 4.79 Å². The van der Waals surface area contributed by atoms with Crippen molar-refractivity contribution in [2.45, 2.75) is 26.2 Å². The normalized spacial score (nSPS) is 21.8. The summed E-state index contributed by atoms with van der Waals surface area (Å²) in [5.41, 5.74) is 6.47. The van der Waals surface area contributed by atoms with Crippen molar-refractivity contribution >= 4 is 27.5 Å². The number of rotatable bonds is 5. The van der Waals surface area contributed by atoms with Gasteiger partial charge in [0, 0.05) is 10.4 Å². The lowest BCUT2D eigenvalue weighted by atomic mass is 9.95. The van der Waals surface area contributed by atoms with Crippen molar-refractivity contribution in [1.29, 1.82) is 0 Å². The summed E-state index contributed by atoms with van der Waals surface area (Å²) in [6.45, 7) is 3.07. The zero-order chi connectivity index (χ0) is 14.5. The molecule has 0 radical (unpaired) electrons. The van der Waals surface area contributed by atoms with Gasteiger partial charge in [-0.15, -0.1) is 0 Å². The van der Waals surface area contributed by atoms with Crippen molar-refractivity contribution in [3.05, 3.63) is 22.7 Å². The molecule has 1 fully saturated rings. The second-order valence-electron chi connectivity index (χ2n) is 5.10. The molecule has 0 saturated heterocycles. The standard InChI is InChI=1S/C15H21BrN2O2/c1-2-20-14-8-11(16)6-7-13(14)18-15(19)12-5-3-4-10(12)9-17/h6-8,10,12H,2-5,9,17H2,1H3,(H,18,19)/t10-,12-/m1/s1. The Kier molecular flexibility index (Phi) is 5.43. The van der Waals surface area contributed by atoms with E-state index in [1.54, 1.807) is 0 Å². The van der Waals surface area contributed by atoms with Gasteiger partial charge in [0.25, 0.3) is 0 Å². The number of benzene rings is 1. The number of hydrogen-bond donors (Lipinski definition) is 2. The van der Waals surface area contributed by atoms with Crippen LogP contribution >= 0.6 is 15.9 Å². The van der Waals surface area contributed by atoms with Gasteiger partial charge in [-0.1, -0.05) is 22.4 Å². The van der Waals surface area contributed by atoms with E-state index in [2.05, 4.69) is 21.2 Å². The van der Waals surface area contributed by atoms with E-state index in [4.69, 9.17) is 10.5 Å². The second-order valence-corrected chi connectivity index (χ2v) is 6.01. The number of nitrogens with one attached hydrogen (secondary N) is 1. The molecule has 4 nitrogen and oxygen atoms in total. The quantitative estimate of drug-likeness (QED) is 0.865. The van der Waals surface area contributed by atoms with Gasteiger partial charge in [-0.05, 0) is 50.4 Å². The molecule has 110 valence electrons. The smallest absolute Gasteiger partial charge is 0.227 e. The topological polar surface area (TPSA) is 64.3 Å². The maximum Gasteiger partial charge on any atom is 0.227 e. The van der Waals surface area contributed by atoms with Crippen molar-refractivity contribution in [2.75, 3.05) is 18.5 Å². The molecule has 20 heavy (non-hydrogen) atoms. The lowest BCUT2D eigenvalue weighted by Crippen LogP contribution is -2.29. The molecule has 1 aliphatic rings. The fraction of sp³-hybridized carbons (Fsp3) is 0.533. The van der Waals surface area contributed by atoms with Crippen LogP contribution in [0.1, 0.15) is 26.2 Å². The first kappa shape index (κ1) is 15.3. The minimum Gasteiger partial charge on any atom is -0.492 e. The van der Waals surface area contributed by atoms with Crippen molar-refractivity contribution < 1.29 is 9.53 Å². The molecular weight excluding hydrogens is 320 g/mol. The van der Waals surface area contributed by atoms with E-state index in [0.29, 0.717) is 24.8 Å². The van der Waals surface area contributed by atoms with Gasteiger partial charge in [0.05, 0.1) is 12.3 Å². The largest absolute Gasteiger partial charge is 0.492 e. The van der Waals surface area contributed by atoms with Crippen LogP contribution in [0.4, 0.5) is 5.69 Å². The van der Waals surface area contributed by atoms with Crippen LogP contribution < -0.4 is 15.8 Å². The molecule has 1 amide bonds. The fourth-order valence-electron chi connectivity index (χ4n) is 2.76. The maximum absolute atomic E-state index is 12.4. The van der Waals surface area contributed by atoms with Crippen LogP contribution in [0.15, 0.2) is 22.7 Å². The first-order chi connectivity index (χ1) is 9.65. The first-order valence-electron chi connectivity index (χ1n) is 7.09. The Morgan fingerprint density at radius 1 is 1.50 bits per heavy atom. The summed E-state index contributed by atoms with van der Waals surface area (Å²) >= 11 is 3.41. The number of halogens is 1. The average Bonchev–Trinajstić information content (AvgIpc) is 2.90. The van der Waals surface area contributed by atoms with Gasteiger partial charge < -0.3 is 15.8 Å². The fourth-order valence-corrected chi connectivity index (χ4v) is 3.10. The second kappa shape index (κ2) is 7.09. The number of hydrogen-bond acceptors (Lipinski definition) is 3. The molecule has 0 aromatic heterocycles. The van der Waals surface area contributed by atoms with Crippen LogP contribution in [-0.4, -0.2) is 19.1 Å². The summed E-state index contributed by atoms with van der Waals surface area (Å²) < 4.78 is 6.50. The molecule has 1 aliphatic carbocycles. The van der Waals surface area contributed by atoms with E-state index in [0.717, 1.165) is 29.4 Å². The summed E-state index contributed by atoms with van der Waals surface area (Å²) in [7, 11) is 0. The van der Waals surface area contributed by atoms with Gasteiger partial charge in [-0.2, -0.15) is 0 Å². The van der Waals surface area contributed by atoms with E-state index >= 15 is 0 Å². The summed E-state index contributed by atoms with van der Waals surface area (Å²) in [6.07, 6.45) is 3.06. The van der Waals surface area contributed by atoms with Gasteiger partial charge in [0.2, 0.25) is 5.91 Å². The first-order valence-corrected chi connectivity index (χ1v) is 7.88. The number of amides is 1. The lowest BCUT2D eigenvalue weighted by Gasteiger charge is -2.19. The van der Waals surface area contributed by atoms with Gasteiger partial charge in [-0.25, -0.2) is 0 Å². The molecule has 5 heteroatoms. The number of carbonyl (C=O) groups excluding carboxylic acids is 1. The van der Waals surface area contributed by atoms with Crippen molar-refractivity contribution in [3.8, 4) is 5.75 Å². The van der Waals surface area contributed by atoms with Crippen LogP contribution in [-0.2, 0) is 4.79 Å². The third-order valence-electron chi connectivity index (χ3n) is 3.80. The van der Waals surface area contributed by atoms with Crippen LogP contribution in [0.2, 0.25) is 0 Å². The average molecular weight is 341 g/mol. The predicted octanol–water partition coefficient (Wildman–Crippen LogP) is 3.16. The third kappa shape index (κ3) is 3.52. The molecule has 0 bridgehead atoms. The highest BCUT2D eigenvalue weighted by atomic mass is 79.9. The zero-order valence-electron chi connectivity index (χ0n) is 11.7. The SMILES string of the molecule is CCOc1cc(Br)ccc1NC(=O)[C@@H]1CCC[C@@H]1CN. The number of carbonyl (C=O) groups is 1. The highest BCUT2D eigenvalue weighted by Crippen LogP contribution is 2.34. The number of nitrogens with two attached hydrogens (primary N) is 1. The maximum atomic E-state index is 12.4. The summed E-state index contributed by atoms with van der Waals surface area (Å²) in [5.74, 6) is 1.08. The van der Waals surface area contributed by atoms with Crippen molar-refractivity contribution in [2.24, 2.45) is 17.6 Å². The molecule has 1 aromatic rings. The van der Waals surface area contributed by atoms with Gasteiger partial charge in [0.1, 0.15) is 5.75 Å². The molecule has 0 unspecified atom stereocenters. The van der Waals surface area contributed by atoms with Crippen LogP contribution in [0, 0.1) is 11.8 Å².